The highest BCUT2D eigenvalue weighted by atomic mass is 35.5. The van der Waals surface area contributed by atoms with Crippen LogP contribution in [0.4, 0.5) is 0 Å². The molecule has 3 rings (SSSR count). The molecule has 1 amide bonds. The Bertz CT molecular complexity index is 845. The number of ether oxygens (including phenoxy) is 2. The van der Waals surface area contributed by atoms with Crippen molar-refractivity contribution < 1.29 is 19.4 Å². The van der Waals surface area contributed by atoms with Crippen molar-refractivity contribution in [2.24, 2.45) is 0 Å². The first kappa shape index (κ1) is 22.0. The van der Waals surface area contributed by atoms with E-state index in [9.17, 15) is 9.90 Å². The summed E-state index contributed by atoms with van der Waals surface area (Å²) in [5.74, 6) is -0.196. The first-order chi connectivity index (χ1) is 13.9. The molecule has 1 saturated heterocycles. The Morgan fingerprint density at radius 2 is 1.86 bits per heavy atom. The van der Waals surface area contributed by atoms with E-state index in [-0.39, 0.29) is 26.7 Å². The van der Waals surface area contributed by atoms with E-state index in [1.165, 1.54) is 6.07 Å². The molecule has 0 bridgehead atoms. The van der Waals surface area contributed by atoms with Gasteiger partial charge in [-0.05, 0) is 23.8 Å². The largest absolute Gasteiger partial charge is 0.505 e. The third-order valence-electron chi connectivity index (χ3n) is 4.82. The molecule has 1 unspecified atom stereocenters. The van der Waals surface area contributed by atoms with Crippen LogP contribution in [0.2, 0.25) is 15.1 Å². The Balaban J connectivity index is 1.82. The van der Waals surface area contributed by atoms with Gasteiger partial charge in [0.15, 0.2) is 0 Å². The van der Waals surface area contributed by atoms with Crippen molar-refractivity contribution in [3.05, 3.63) is 56.5 Å². The Morgan fingerprint density at radius 1 is 1.21 bits per heavy atom. The lowest BCUT2D eigenvalue weighted by atomic mass is 10.0. The molecule has 1 aliphatic heterocycles. The van der Waals surface area contributed by atoms with Gasteiger partial charge in [-0.3, -0.25) is 9.69 Å². The summed E-state index contributed by atoms with van der Waals surface area (Å²) in [6.07, 6.45) is 0. The van der Waals surface area contributed by atoms with Crippen LogP contribution >= 0.6 is 34.8 Å². The zero-order chi connectivity index (χ0) is 21.0. The second-order valence-electron chi connectivity index (χ2n) is 6.53. The van der Waals surface area contributed by atoms with Gasteiger partial charge in [-0.1, -0.05) is 46.9 Å². The van der Waals surface area contributed by atoms with E-state index in [2.05, 4.69) is 10.2 Å². The van der Waals surface area contributed by atoms with Crippen molar-refractivity contribution in [3.8, 4) is 11.5 Å². The fraction of sp³-hybridized carbons (Fsp3) is 0.350. The molecule has 0 spiro atoms. The number of hydrogen-bond donors (Lipinski definition) is 2. The number of phenols is 1. The van der Waals surface area contributed by atoms with Crippen LogP contribution in [0.1, 0.15) is 22.0 Å². The van der Waals surface area contributed by atoms with Crippen molar-refractivity contribution in [1.29, 1.82) is 0 Å². The number of halogens is 3. The summed E-state index contributed by atoms with van der Waals surface area (Å²) < 4.78 is 10.7. The monoisotopic (exact) mass is 458 g/mol. The summed E-state index contributed by atoms with van der Waals surface area (Å²) in [6, 6.07) is 8.89. The number of aromatic hydroxyl groups is 1. The number of morpholine rings is 1. The second kappa shape index (κ2) is 9.87. The SMILES string of the molecule is COc1ccc(C(CNC(=O)c2c(O)c(Cl)cc(Cl)c2Cl)N2CCOCC2)cc1. The molecule has 1 atom stereocenters. The molecule has 1 aliphatic rings. The summed E-state index contributed by atoms with van der Waals surface area (Å²) >= 11 is 18.1. The van der Waals surface area contributed by atoms with Gasteiger partial charge in [-0.15, -0.1) is 0 Å². The first-order valence-corrected chi connectivity index (χ1v) is 10.2. The van der Waals surface area contributed by atoms with Crippen molar-refractivity contribution in [1.82, 2.24) is 10.2 Å². The minimum absolute atomic E-state index is 0.0376. The van der Waals surface area contributed by atoms with Gasteiger partial charge in [-0.2, -0.15) is 0 Å². The Labute approximate surface area is 184 Å². The standard InChI is InChI=1S/C20H21Cl3N2O4/c1-28-13-4-2-12(3-5-13)16(25-6-8-29-9-7-25)11-24-20(27)17-18(23)14(21)10-15(22)19(17)26/h2-5,10,16,26H,6-9,11H2,1H3,(H,24,27). The number of carbonyl (C=O) groups is 1. The maximum Gasteiger partial charge on any atom is 0.256 e. The molecule has 2 N–H and O–H groups in total. The molecule has 6 nitrogen and oxygen atoms in total. The van der Waals surface area contributed by atoms with Crippen molar-refractivity contribution in [2.45, 2.75) is 6.04 Å². The highest BCUT2D eigenvalue weighted by molar-refractivity contribution is 6.45. The fourth-order valence-corrected chi connectivity index (χ4v) is 3.94. The number of methoxy groups -OCH3 is 1. The molecule has 2 aromatic rings. The summed E-state index contributed by atoms with van der Waals surface area (Å²) in [5, 5.41) is 13.0. The first-order valence-electron chi connectivity index (χ1n) is 9.02. The van der Waals surface area contributed by atoms with E-state index in [1.54, 1.807) is 7.11 Å². The highest BCUT2D eigenvalue weighted by Crippen LogP contribution is 2.38. The quantitative estimate of drug-likeness (QED) is 0.635. The third-order valence-corrected chi connectivity index (χ3v) is 5.89. The van der Waals surface area contributed by atoms with E-state index in [0.29, 0.717) is 19.8 Å². The van der Waals surface area contributed by atoms with Crippen LogP contribution in [-0.4, -0.2) is 55.9 Å². The smallest absolute Gasteiger partial charge is 0.256 e. The Kier molecular flexibility index (Phi) is 7.49. The van der Waals surface area contributed by atoms with Gasteiger partial charge in [0.2, 0.25) is 0 Å². The van der Waals surface area contributed by atoms with Crippen LogP contribution in [-0.2, 0) is 4.74 Å². The molecule has 1 heterocycles. The van der Waals surface area contributed by atoms with Crippen molar-refractivity contribution in [3.63, 3.8) is 0 Å². The maximum atomic E-state index is 12.8. The number of benzene rings is 2. The van der Waals surface area contributed by atoms with Gasteiger partial charge in [0.05, 0.1) is 41.4 Å². The molecule has 1 fully saturated rings. The average Bonchev–Trinajstić information content (AvgIpc) is 2.74. The minimum Gasteiger partial charge on any atom is -0.505 e. The summed E-state index contributed by atoms with van der Waals surface area (Å²) in [5.41, 5.74) is 0.882. The summed E-state index contributed by atoms with van der Waals surface area (Å²) in [6.45, 7) is 3.02. The topological polar surface area (TPSA) is 71.0 Å². The number of nitrogens with zero attached hydrogens (tertiary/aromatic N) is 1. The van der Waals surface area contributed by atoms with Crippen LogP contribution in [0.3, 0.4) is 0 Å². The highest BCUT2D eigenvalue weighted by Gasteiger charge is 2.26. The molecule has 156 valence electrons. The fourth-order valence-electron chi connectivity index (χ4n) is 3.24. The predicted molar refractivity (Wildman–Crippen MR) is 114 cm³/mol. The summed E-state index contributed by atoms with van der Waals surface area (Å²) in [4.78, 5) is 15.0. The van der Waals surface area contributed by atoms with Crippen LogP contribution < -0.4 is 10.1 Å². The Morgan fingerprint density at radius 3 is 2.48 bits per heavy atom. The van der Waals surface area contributed by atoms with E-state index in [4.69, 9.17) is 44.3 Å². The van der Waals surface area contributed by atoms with Crippen LogP contribution in [0.25, 0.3) is 0 Å². The zero-order valence-corrected chi connectivity index (χ0v) is 18.0. The van der Waals surface area contributed by atoms with Gasteiger partial charge in [0, 0.05) is 19.6 Å². The third kappa shape index (κ3) is 5.08. The lowest BCUT2D eigenvalue weighted by Crippen LogP contribution is -2.43. The predicted octanol–water partition coefficient (Wildman–Crippen LogP) is 4.16. The Hall–Kier alpha value is -1.70. The normalized spacial score (nSPS) is 15.7. The second-order valence-corrected chi connectivity index (χ2v) is 7.72. The number of amides is 1. The van der Waals surface area contributed by atoms with Crippen molar-refractivity contribution >= 4 is 40.7 Å². The van der Waals surface area contributed by atoms with E-state index >= 15 is 0 Å². The number of phenolic OH excluding ortho intramolecular Hbond substituents is 1. The molecule has 0 saturated carbocycles. The molecule has 2 aromatic carbocycles. The lowest BCUT2D eigenvalue weighted by molar-refractivity contribution is 0.0162. The number of rotatable bonds is 6. The van der Waals surface area contributed by atoms with Crippen LogP contribution in [0.5, 0.6) is 11.5 Å². The van der Waals surface area contributed by atoms with Gasteiger partial charge < -0.3 is 19.9 Å². The van der Waals surface area contributed by atoms with Gasteiger partial charge >= 0.3 is 0 Å². The maximum absolute atomic E-state index is 12.8. The zero-order valence-electron chi connectivity index (χ0n) is 15.8. The summed E-state index contributed by atoms with van der Waals surface area (Å²) in [7, 11) is 1.61. The number of carbonyl (C=O) groups excluding carboxylic acids is 1. The number of hydrogen-bond acceptors (Lipinski definition) is 5. The number of nitrogens with one attached hydrogen (secondary N) is 1. The molecule has 0 aromatic heterocycles. The van der Waals surface area contributed by atoms with E-state index in [0.717, 1.165) is 24.4 Å². The van der Waals surface area contributed by atoms with Gasteiger partial charge in [0.25, 0.3) is 5.91 Å². The van der Waals surface area contributed by atoms with E-state index in [1.807, 2.05) is 24.3 Å². The van der Waals surface area contributed by atoms with Crippen LogP contribution in [0.15, 0.2) is 30.3 Å². The molecule has 0 aliphatic carbocycles. The average molecular weight is 460 g/mol. The molecular formula is C20H21Cl3N2O4. The molecular weight excluding hydrogens is 439 g/mol. The lowest BCUT2D eigenvalue weighted by Gasteiger charge is -2.35. The van der Waals surface area contributed by atoms with Gasteiger partial charge in [-0.25, -0.2) is 0 Å². The molecule has 0 radical (unpaired) electrons. The van der Waals surface area contributed by atoms with Crippen molar-refractivity contribution in [2.75, 3.05) is 40.0 Å². The van der Waals surface area contributed by atoms with Crippen LogP contribution in [0, 0.1) is 0 Å². The minimum atomic E-state index is -0.552. The molecule has 29 heavy (non-hydrogen) atoms. The van der Waals surface area contributed by atoms with Gasteiger partial charge in [0.1, 0.15) is 17.1 Å². The van der Waals surface area contributed by atoms with E-state index < -0.39 is 11.7 Å². The molecule has 9 heteroatoms.